The number of carbonyl (C=O) groups excluding carboxylic acids is 2. The Hall–Kier alpha value is -1.14. The maximum absolute atomic E-state index is 12.4. The molecule has 2 aliphatic rings. The van der Waals surface area contributed by atoms with Crippen molar-refractivity contribution in [3.05, 3.63) is 11.6 Å². The number of ether oxygens (including phenoxy) is 1. The summed E-state index contributed by atoms with van der Waals surface area (Å²) in [6.07, 6.45) is 4.67. The van der Waals surface area contributed by atoms with Gasteiger partial charge in [0.15, 0.2) is 8.32 Å². The number of β-lactam (4-membered cyclic amide) rings is 1. The molecule has 1 saturated heterocycles. The molecular formula is C20H35NO4Si. The number of nitrogens with one attached hydrogen (secondary N) is 1. The minimum Gasteiger partial charge on any atom is -0.463 e. The lowest BCUT2D eigenvalue weighted by Gasteiger charge is -2.48. The zero-order valence-electron chi connectivity index (χ0n) is 17.3. The van der Waals surface area contributed by atoms with Crippen LogP contribution in [0.1, 0.15) is 53.9 Å². The van der Waals surface area contributed by atoms with Crippen LogP contribution >= 0.6 is 0 Å². The van der Waals surface area contributed by atoms with Crippen LogP contribution in [0.25, 0.3) is 0 Å². The van der Waals surface area contributed by atoms with Crippen LogP contribution in [-0.2, 0) is 18.8 Å². The number of hydrogen-bond donors (Lipinski definition) is 1. The fraction of sp³-hybridized carbons (Fsp3) is 0.800. The van der Waals surface area contributed by atoms with Crippen molar-refractivity contribution >= 4 is 20.2 Å². The number of hydrogen-bond acceptors (Lipinski definition) is 4. The van der Waals surface area contributed by atoms with Gasteiger partial charge < -0.3 is 14.5 Å². The highest BCUT2D eigenvalue weighted by Gasteiger charge is 2.51. The van der Waals surface area contributed by atoms with E-state index in [1.807, 2.05) is 19.9 Å². The summed E-state index contributed by atoms with van der Waals surface area (Å²) in [6, 6.07) is -0.0433. The van der Waals surface area contributed by atoms with Crippen LogP contribution in [-0.4, -0.2) is 38.9 Å². The molecule has 1 N–H and O–H groups in total. The van der Waals surface area contributed by atoms with Gasteiger partial charge in [-0.15, -0.1) is 0 Å². The second-order valence-electron chi connectivity index (χ2n) is 9.06. The summed E-state index contributed by atoms with van der Waals surface area (Å²) in [5, 5.41) is 3.14. The van der Waals surface area contributed by atoms with E-state index in [0.29, 0.717) is 6.61 Å². The van der Waals surface area contributed by atoms with Crippen molar-refractivity contribution in [1.82, 2.24) is 5.32 Å². The third kappa shape index (κ3) is 4.22. The number of esters is 1. The van der Waals surface area contributed by atoms with Crippen LogP contribution in [0.2, 0.25) is 18.1 Å². The van der Waals surface area contributed by atoms with E-state index in [1.165, 1.54) is 0 Å². The largest absolute Gasteiger partial charge is 0.463 e. The van der Waals surface area contributed by atoms with Gasteiger partial charge in [0.2, 0.25) is 5.91 Å². The summed E-state index contributed by atoms with van der Waals surface area (Å²) >= 11 is 0. The molecule has 5 nitrogen and oxygen atoms in total. The van der Waals surface area contributed by atoms with Crippen molar-refractivity contribution < 1.29 is 18.8 Å². The molecule has 0 aromatic rings. The van der Waals surface area contributed by atoms with Crippen LogP contribution in [0.3, 0.4) is 0 Å². The summed E-state index contributed by atoms with van der Waals surface area (Å²) in [7, 11) is -1.96. The van der Waals surface area contributed by atoms with Gasteiger partial charge in [-0.25, -0.2) is 4.79 Å². The van der Waals surface area contributed by atoms with E-state index in [1.54, 1.807) is 0 Å². The Balaban J connectivity index is 2.15. The molecule has 6 heteroatoms. The average Bonchev–Trinajstić information content (AvgIpc) is 2.51. The molecule has 0 aromatic heterocycles. The summed E-state index contributed by atoms with van der Waals surface area (Å²) in [4.78, 5) is 24.7. The van der Waals surface area contributed by atoms with E-state index in [2.05, 4.69) is 39.2 Å². The Morgan fingerprint density at radius 2 is 2.04 bits per heavy atom. The van der Waals surface area contributed by atoms with E-state index in [0.717, 1.165) is 24.8 Å². The monoisotopic (exact) mass is 381 g/mol. The van der Waals surface area contributed by atoms with Crippen molar-refractivity contribution in [1.29, 1.82) is 0 Å². The molecule has 1 fully saturated rings. The predicted octanol–water partition coefficient (Wildman–Crippen LogP) is 3.80. The minimum absolute atomic E-state index is 0.0240. The third-order valence-corrected chi connectivity index (χ3v) is 10.8. The van der Waals surface area contributed by atoms with Gasteiger partial charge in [-0.2, -0.15) is 0 Å². The average molecular weight is 382 g/mol. The Kier molecular flexibility index (Phi) is 6.39. The second-order valence-corrected chi connectivity index (χ2v) is 13.8. The van der Waals surface area contributed by atoms with E-state index >= 15 is 0 Å². The van der Waals surface area contributed by atoms with Crippen molar-refractivity contribution in [3.8, 4) is 0 Å². The zero-order chi connectivity index (χ0) is 19.7. The normalized spacial score (nSPS) is 27.9. The van der Waals surface area contributed by atoms with Crippen LogP contribution in [0.15, 0.2) is 11.6 Å². The number of amides is 1. The first-order valence-electron chi connectivity index (χ1n) is 9.85. The molecule has 148 valence electrons. The zero-order valence-corrected chi connectivity index (χ0v) is 18.3. The highest BCUT2D eigenvalue weighted by molar-refractivity contribution is 6.74. The van der Waals surface area contributed by atoms with E-state index in [-0.39, 0.29) is 40.9 Å². The van der Waals surface area contributed by atoms with Gasteiger partial charge in [-0.05, 0) is 51.2 Å². The first-order chi connectivity index (χ1) is 12.0. The van der Waals surface area contributed by atoms with E-state index < -0.39 is 8.32 Å². The number of allylic oxidation sites excluding steroid dienone is 1. The summed E-state index contributed by atoms with van der Waals surface area (Å²) < 4.78 is 11.7. The van der Waals surface area contributed by atoms with Crippen LogP contribution in [0.4, 0.5) is 0 Å². The van der Waals surface area contributed by atoms with Crippen LogP contribution in [0.5, 0.6) is 0 Å². The Labute approximate surface area is 159 Å². The molecule has 0 bridgehead atoms. The van der Waals surface area contributed by atoms with Gasteiger partial charge in [0.05, 0.1) is 18.6 Å². The van der Waals surface area contributed by atoms with Crippen molar-refractivity contribution in [2.24, 2.45) is 11.8 Å². The molecule has 26 heavy (non-hydrogen) atoms. The topological polar surface area (TPSA) is 64.6 Å². The molecule has 1 aliphatic carbocycles. The van der Waals surface area contributed by atoms with Crippen molar-refractivity contribution in [2.75, 3.05) is 6.61 Å². The second kappa shape index (κ2) is 7.85. The maximum atomic E-state index is 12.4. The highest BCUT2D eigenvalue weighted by Crippen LogP contribution is 2.41. The summed E-state index contributed by atoms with van der Waals surface area (Å²) in [6.45, 7) is 15.2. The third-order valence-electron chi connectivity index (χ3n) is 6.22. The van der Waals surface area contributed by atoms with Gasteiger partial charge in [0, 0.05) is 17.5 Å². The van der Waals surface area contributed by atoms with Gasteiger partial charge in [-0.3, -0.25) is 4.79 Å². The molecule has 0 unspecified atom stereocenters. The molecular weight excluding hydrogens is 346 g/mol. The van der Waals surface area contributed by atoms with Crippen LogP contribution in [0, 0.1) is 11.8 Å². The number of rotatable bonds is 6. The maximum Gasteiger partial charge on any atom is 0.334 e. The van der Waals surface area contributed by atoms with E-state index in [9.17, 15) is 9.59 Å². The highest BCUT2D eigenvalue weighted by atomic mass is 28.4. The van der Waals surface area contributed by atoms with Gasteiger partial charge >= 0.3 is 5.97 Å². The fourth-order valence-electron chi connectivity index (χ4n) is 3.71. The number of carbonyl (C=O) groups is 2. The lowest BCUT2D eigenvalue weighted by atomic mass is 9.71. The standard InChI is InChI=1S/C20H35NO4Si/c1-8-24-19(23)15-12-10-9-11-14(15)17-16(18(22)21-17)13(2)25-26(6,7)20(3,4)5/h12-14,16-17H,8-11H2,1-7H3,(H,21,22)/t13-,14+,16-,17-/m1/s1. The molecule has 0 spiro atoms. The first-order valence-corrected chi connectivity index (χ1v) is 12.8. The van der Waals surface area contributed by atoms with Gasteiger partial charge in [0.1, 0.15) is 0 Å². The molecule has 2 rings (SSSR count). The molecule has 0 radical (unpaired) electrons. The lowest BCUT2D eigenvalue weighted by Crippen LogP contribution is -2.66. The first kappa shape index (κ1) is 21.2. The summed E-state index contributed by atoms with van der Waals surface area (Å²) in [5.41, 5.74) is 0.729. The summed E-state index contributed by atoms with van der Waals surface area (Å²) in [5.74, 6) is -0.383. The minimum atomic E-state index is -1.96. The Morgan fingerprint density at radius 1 is 1.38 bits per heavy atom. The quantitative estimate of drug-likeness (QED) is 0.432. The Morgan fingerprint density at radius 3 is 2.58 bits per heavy atom. The van der Waals surface area contributed by atoms with Gasteiger partial charge in [-0.1, -0.05) is 26.8 Å². The molecule has 0 aromatic carbocycles. The predicted molar refractivity (Wildman–Crippen MR) is 105 cm³/mol. The van der Waals surface area contributed by atoms with Crippen molar-refractivity contribution in [3.63, 3.8) is 0 Å². The van der Waals surface area contributed by atoms with Gasteiger partial charge in [0.25, 0.3) is 0 Å². The van der Waals surface area contributed by atoms with Crippen LogP contribution < -0.4 is 5.32 Å². The van der Waals surface area contributed by atoms with E-state index in [4.69, 9.17) is 9.16 Å². The molecule has 4 atom stereocenters. The fourth-order valence-corrected chi connectivity index (χ4v) is 5.14. The van der Waals surface area contributed by atoms with Crippen molar-refractivity contribution in [2.45, 2.75) is 84.2 Å². The molecule has 1 amide bonds. The lowest BCUT2D eigenvalue weighted by molar-refractivity contribution is -0.145. The SMILES string of the molecule is CCOC(=O)C1=CCCC[C@@H]1[C@H]1NC(=O)[C@@H]1[C@@H](C)O[Si](C)(C)C(C)(C)C. The molecule has 0 saturated carbocycles. The molecule has 1 heterocycles. The smallest absolute Gasteiger partial charge is 0.334 e. The molecule has 1 aliphatic heterocycles. The Bertz CT molecular complexity index is 579.